The van der Waals surface area contributed by atoms with Gasteiger partial charge in [-0.25, -0.2) is 14.8 Å². The van der Waals surface area contributed by atoms with Crippen LogP contribution in [0, 0.1) is 0 Å². The maximum atomic E-state index is 13.9. The van der Waals surface area contributed by atoms with Crippen LogP contribution in [0.1, 0.15) is 36.9 Å². The summed E-state index contributed by atoms with van der Waals surface area (Å²) >= 11 is 1.50. The number of amides is 2. The van der Waals surface area contributed by atoms with E-state index in [9.17, 15) is 24.6 Å². The molecule has 3 aromatic heterocycles. The monoisotopic (exact) mass is 611 g/mol. The number of aromatic nitrogens is 2. The molecule has 2 amide bonds. The minimum absolute atomic E-state index is 0.0929. The van der Waals surface area contributed by atoms with Gasteiger partial charge < -0.3 is 36.4 Å². The number of nitrogens with one attached hydrogen (secondary N) is 2. The van der Waals surface area contributed by atoms with Crippen LogP contribution >= 0.6 is 11.3 Å². The van der Waals surface area contributed by atoms with E-state index < -0.39 is 36.2 Å². The van der Waals surface area contributed by atoms with E-state index in [0.717, 1.165) is 21.2 Å². The summed E-state index contributed by atoms with van der Waals surface area (Å²) in [6.45, 7) is -0.499. The first kappa shape index (κ1) is 28.7. The van der Waals surface area contributed by atoms with E-state index in [0.29, 0.717) is 29.4 Å². The van der Waals surface area contributed by atoms with Gasteiger partial charge in [0, 0.05) is 56.5 Å². The van der Waals surface area contributed by atoms with E-state index in [1.165, 1.54) is 23.5 Å². The highest BCUT2D eigenvalue weighted by Crippen LogP contribution is 2.44. The maximum Gasteiger partial charge on any atom is 0.355 e. The second-order valence-electron chi connectivity index (χ2n) is 9.99. The number of carboxylic acids is 1. The lowest BCUT2D eigenvalue weighted by atomic mass is 9.92. The molecule has 2 aromatic carbocycles. The van der Waals surface area contributed by atoms with Crippen molar-refractivity contribution in [3.63, 3.8) is 0 Å². The number of aliphatic hydroxyl groups is 2. The van der Waals surface area contributed by atoms with Gasteiger partial charge in [-0.05, 0) is 65.4 Å². The number of fused-ring (bicyclic) bond motifs is 4. The number of carbonyl (C=O) groups excluding carboxylic acids is 2. The Morgan fingerprint density at radius 1 is 1.02 bits per heavy atom. The van der Waals surface area contributed by atoms with Crippen molar-refractivity contribution in [1.82, 2.24) is 15.3 Å². The number of aromatic carboxylic acids is 1. The first-order chi connectivity index (χ1) is 21.2. The van der Waals surface area contributed by atoms with Crippen LogP contribution in [0.2, 0.25) is 0 Å². The van der Waals surface area contributed by atoms with Crippen molar-refractivity contribution in [2.45, 2.75) is 12.7 Å². The average molecular weight is 612 g/mol. The Labute approximate surface area is 253 Å². The van der Waals surface area contributed by atoms with Gasteiger partial charge in [0.25, 0.3) is 11.8 Å². The molecule has 1 atom stereocenters. The van der Waals surface area contributed by atoms with Crippen LogP contribution < -0.4 is 21.1 Å². The summed E-state index contributed by atoms with van der Waals surface area (Å²) in [4.78, 5) is 48.0. The van der Waals surface area contributed by atoms with E-state index in [-0.39, 0.29) is 28.9 Å². The Morgan fingerprint density at radius 3 is 2.66 bits per heavy atom. The van der Waals surface area contributed by atoms with Gasteiger partial charge in [0.2, 0.25) is 0 Å². The number of nitrogens with two attached hydrogens (primary N) is 1. The minimum atomic E-state index is -1.42. The lowest BCUT2D eigenvalue weighted by Gasteiger charge is -2.21. The first-order valence-corrected chi connectivity index (χ1v) is 14.3. The number of carbonyl (C=O) groups is 3. The molecule has 4 heterocycles. The molecule has 0 fully saturated rings. The van der Waals surface area contributed by atoms with Crippen LogP contribution in [-0.4, -0.2) is 62.3 Å². The third kappa shape index (κ3) is 5.42. The number of hydrogen-bond acceptors (Lipinski definition) is 10. The molecule has 222 valence electrons. The zero-order chi connectivity index (χ0) is 31.0. The second kappa shape index (κ2) is 11.7. The van der Waals surface area contributed by atoms with Crippen molar-refractivity contribution >= 4 is 51.4 Å². The molecule has 0 aliphatic carbocycles. The molecule has 0 radical (unpaired) electrons. The number of thiophene rings is 1. The van der Waals surface area contributed by atoms with E-state index in [1.54, 1.807) is 42.6 Å². The predicted octanol–water partition coefficient (Wildman–Crippen LogP) is 3.53. The van der Waals surface area contributed by atoms with Crippen LogP contribution in [0.25, 0.3) is 32.3 Å². The summed E-state index contributed by atoms with van der Waals surface area (Å²) < 4.78 is 5.99. The highest BCUT2D eigenvalue weighted by molar-refractivity contribution is 7.13. The molecule has 0 spiro atoms. The zero-order valence-electron chi connectivity index (χ0n) is 22.9. The molecule has 0 bridgehead atoms. The van der Waals surface area contributed by atoms with Crippen LogP contribution in [0.15, 0.2) is 66.2 Å². The number of nitrogens with zero attached hydrogens (tertiary/aromatic N) is 2. The van der Waals surface area contributed by atoms with E-state index in [4.69, 9.17) is 15.6 Å². The highest BCUT2D eigenvalue weighted by Gasteiger charge is 2.27. The minimum Gasteiger partial charge on any atom is -0.488 e. The average Bonchev–Trinajstić information content (AvgIpc) is 3.52. The molecule has 1 unspecified atom stereocenters. The largest absolute Gasteiger partial charge is 0.488 e. The molecule has 13 heteroatoms. The third-order valence-corrected chi connectivity index (χ3v) is 8.11. The van der Waals surface area contributed by atoms with Gasteiger partial charge in [0.05, 0.1) is 12.7 Å². The van der Waals surface area contributed by atoms with Crippen LogP contribution in [0.5, 0.6) is 5.75 Å². The number of benzene rings is 2. The summed E-state index contributed by atoms with van der Waals surface area (Å²) in [5.74, 6) is -1.84. The topological polar surface area (TPSA) is 197 Å². The van der Waals surface area contributed by atoms with Gasteiger partial charge >= 0.3 is 5.97 Å². The molecule has 5 aromatic rings. The van der Waals surface area contributed by atoms with Gasteiger partial charge in [-0.3, -0.25) is 9.59 Å². The fourth-order valence-electron chi connectivity index (χ4n) is 4.94. The molecule has 6 rings (SSSR count). The highest BCUT2D eigenvalue weighted by atomic mass is 32.1. The Kier molecular flexibility index (Phi) is 7.66. The third-order valence-electron chi connectivity index (χ3n) is 7.12. The zero-order valence-corrected chi connectivity index (χ0v) is 23.7. The summed E-state index contributed by atoms with van der Waals surface area (Å²) in [6, 6.07) is 14.9. The van der Waals surface area contributed by atoms with Crippen molar-refractivity contribution in [2.75, 3.05) is 24.2 Å². The Hall–Kier alpha value is -5.37. The molecule has 1 aliphatic heterocycles. The van der Waals surface area contributed by atoms with Crippen molar-refractivity contribution in [3.8, 4) is 27.3 Å². The van der Waals surface area contributed by atoms with Gasteiger partial charge in [-0.2, -0.15) is 0 Å². The van der Waals surface area contributed by atoms with Gasteiger partial charge in [0.15, 0.2) is 5.69 Å². The smallest absolute Gasteiger partial charge is 0.355 e. The van der Waals surface area contributed by atoms with E-state index in [2.05, 4.69) is 20.6 Å². The number of carboxylic acid groups (broad SMARTS) is 1. The Balaban J connectivity index is 1.44. The molecule has 44 heavy (non-hydrogen) atoms. The maximum absolute atomic E-state index is 13.9. The fraction of sp³-hybridized carbons (Fsp3) is 0.129. The molecular weight excluding hydrogens is 586 g/mol. The summed E-state index contributed by atoms with van der Waals surface area (Å²) in [5, 5.41) is 37.4. The summed E-state index contributed by atoms with van der Waals surface area (Å²) in [7, 11) is 0. The molecule has 0 saturated heterocycles. The number of pyridine rings is 2. The number of rotatable bonds is 8. The number of anilines is 2. The normalized spacial score (nSPS) is 12.5. The standard InChI is InChI=1S/C31H25N5O7S/c32-28-19-2-1-17(9-15(19)5-7-33-28)35-29(39)22-10-23-25(43-14-16-6-8-44-27(16)23)11-21(22)20-3-4-24(36-26(20)31(41)42)30(40)34-12-18(38)13-37/h1-11,18,37-38H,12-14H2,(H2,32,33)(H,34,40)(H,35,39)(H,41,42). The number of hydrogen-bond donors (Lipinski definition) is 6. The fourth-order valence-corrected chi connectivity index (χ4v) is 5.87. The molecule has 7 N–H and O–H groups in total. The summed E-state index contributed by atoms with van der Waals surface area (Å²) in [5.41, 5.74) is 7.93. The molecule has 12 nitrogen and oxygen atoms in total. The van der Waals surface area contributed by atoms with Crippen LogP contribution in [-0.2, 0) is 6.61 Å². The lowest BCUT2D eigenvalue weighted by Crippen LogP contribution is -2.34. The van der Waals surface area contributed by atoms with E-state index >= 15 is 0 Å². The van der Waals surface area contributed by atoms with Crippen molar-refractivity contribution in [3.05, 3.63) is 88.7 Å². The molecule has 1 aliphatic rings. The Morgan fingerprint density at radius 2 is 1.86 bits per heavy atom. The van der Waals surface area contributed by atoms with Gasteiger partial charge in [0.1, 0.15) is 23.9 Å². The quantitative estimate of drug-likeness (QED) is 0.151. The van der Waals surface area contributed by atoms with Gasteiger partial charge in [-0.15, -0.1) is 11.3 Å². The summed E-state index contributed by atoms with van der Waals surface area (Å²) in [6.07, 6.45) is 0.386. The second-order valence-corrected chi connectivity index (χ2v) is 10.9. The Bertz CT molecular complexity index is 1960. The van der Waals surface area contributed by atoms with Crippen LogP contribution in [0.3, 0.4) is 0 Å². The number of ether oxygens (including phenoxy) is 1. The van der Waals surface area contributed by atoms with Gasteiger partial charge in [-0.1, -0.05) is 0 Å². The van der Waals surface area contributed by atoms with E-state index in [1.807, 2.05) is 11.4 Å². The lowest BCUT2D eigenvalue weighted by molar-refractivity contribution is 0.0690. The van der Waals surface area contributed by atoms with Crippen molar-refractivity contribution in [1.29, 1.82) is 0 Å². The first-order valence-electron chi connectivity index (χ1n) is 13.4. The molecular formula is C31H25N5O7S. The predicted molar refractivity (Wildman–Crippen MR) is 164 cm³/mol. The number of nitrogen functional groups attached to an aromatic ring is 1. The molecule has 0 saturated carbocycles. The number of aliphatic hydroxyl groups excluding tert-OH is 2. The van der Waals surface area contributed by atoms with Crippen molar-refractivity contribution in [2.24, 2.45) is 0 Å². The van der Waals surface area contributed by atoms with Crippen molar-refractivity contribution < 1.29 is 34.4 Å². The SMILES string of the molecule is Nc1nccc2cc(NC(=O)c3cc4c(cc3-c3ccc(C(=O)NCC(O)CO)nc3C(=O)O)OCc3ccsc3-4)ccc12. The van der Waals surface area contributed by atoms with Crippen LogP contribution in [0.4, 0.5) is 11.5 Å².